The number of fused-ring (bicyclic) bond motifs is 1. The van der Waals surface area contributed by atoms with E-state index in [0.29, 0.717) is 64.5 Å². The summed E-state index contributed by atoms with van der Waals surface area (Å²) in [5.74, 6) is 0.861. The third-order valence-corrected chi connectivity index (χ3v) is 7.26. The predicted octanol–water partition coefficient (Wildman–Crippen LogP) is 3.16. The zero-order chi connectivity index (χ0) is 26.3. The highest BCUT2D eigenvalue weighted by molar-refractivity contribution is 6.35. The molecule has 10 nitrogen and oxygen atoms in total. The number of aliphatic hydroxyl groups excluding tert-OH is 1. The van der Waals surface area contributed by atoms with E-state index in [2.05, 4.69) is 15.0 Å². The van der Waals surface area contributed by atoms with Crippen molar-refractivity contribution in [1.29, 1.82) is 5.41 Å². The third kappa shape index (κ3) is 5.28. The van der Waals surface area contributed by atoms with Crippen molar-refractivity contribution in [3.8, 4) is 5.75 Å². The molecule has 2 atom stereocenters. The van der Waals surface area contributed by atoms with Gasteiger partial charge in [-0.25, -0.2) is 4.98 Å². The summed E-state index contributed by atoms with van der Waals surface area (Å²) in [7, 11) is 0. The SMILES string of the molecule is CC(Oc1ccc(N)c(C(=N)c2nc3c([nH]2)CN(C(=O)CN2CCC(O)C2)C3)c1)c1c(Cl)cncc1Cl. The minimum absolute atomic E-state index is 0.00487. The number of nitrogens with zero attached hydrogens (tertiary/aromatic N) is 4. The van der Waals surface area contributed by atoms with Crippen LogP contribution >= 0.6 is 23.2 Å². The highest BCUT2D eigenvalue weighted by Gasteiger charge is 2.30. The number of β-amino-alcohol motifs (C(OH)–C–C–N with tert-alkyl or cyclic N) is 1. The van der Waals surface area contributed by atoms with Crippen LogP contribution in [0.2, 0.25) is 10.0 Å². The number of nitrogens with two attached hydrogens (primary N) is 1. The summed E-state index contributed by atoms with van der Waals surface area (Å²) in [4.78, 5) is 28.1. The van der Waals surface area contributed by atoms with Gasteiger partial charge in [0.15, 0.2) is 5.82 Å². The second kappa shape index (κ2) is 10.3. The number of ether oxygens (including phenoxy) is 1. The Morgan fingerprint density at radius 1 is 1.32 bits per heavy atom. The number of pyridine rings is 1. The van der Waals surface area contributed by atoms with Gasteiger partial charge in [0, 0.05) is 42.3 Å². The highest BCUT2D eigenvalue weighted by atomic mass is 35.5. The molecule has 5 rings (SSSR count). The molecular formula is C25H27Cl2N7O3. The fourth-order valence-corrected chi connectivity index (χ4v) is 5.37. The molecule has 5 N–H and O–H groups in total. The molecule has 0 radical (unpaired) electrons. The lowest BCUT2D eigenvalue weighted by molar-refractivity contribution is -0.132. The first kappa shape index (κ1) is 25.5. The van der Waals surface area contributed by atoms with Crippen LogP contribution in [0.5, 0.6) is 5.75 Å². The molecule has 194 valence electrons. The Hall–Kier alpha value is -3.18. The van der Waals surface area contributed by atoms with E-state index < -0.39 is 6.10 Å². The second-order valence-electron chi connectivity index (χ2n) is 9.34. The molecule has 0 saturated carbocycles. The van der Waals surface area contributed by atoms with Gasteiger partial charge in [0.2, 0.25) is 5.91 Å². The van der Waals surface area contributed by atoms with Gasteiger partial charge in [-0.2, -0.15) is 0 Å². The molecule has 2 aliphatic heterocycles. The Bertz CT molecular complexity index is 1320. The van der Waals surface area contributed by atoms with Crippen LogP contribution in [0.3, 0.4) is 0 Å². The van der Waals surface area contributed by atoms with Gasteiger partial charge in [-0.15, -0.1) is 0 Å². The van der Waals surface area contributed by atoms with E-state index in [4.69, 9.17) is 39.1 Å². The van der Waals surface area contributed by atoms with Crippen LogP contribution < -0.4 is 10.5 Å². The first-order valence-corrected chi connectivity index (χ1v) is 12.7. The number of aromatic nitrogens is 3. The smallest absolute Gasteiger partial charge is 0.237 e. The fraction of sp³-hybridized carbons (Fsp3) is 0.360. The van der Waals surface area contributed by atoms with E-state index in [1.54, 1.807) is 23.1 Å². The van der Waals surface area contributed by atoms with Gasteiger partial charge >= 0.3 is 0 Å². The number of anilines is 1. The van der Waals surface area contributed by atoms with Crippen molar-refractivity contribution in [3.63, 3.8) is 0 Å². The molecule has 2 aliphatic rings. The number of aromatic amines is 1. The molecule has 0 bridgehead atoms. The van der Waals surface area contributed by atoms with Gasteiger partial charge in [-0.3, -0.25) is 20.1 Å². The molecule has 12 heteroatoms. The van der Waals surface area contributed by atoms with Gasteiger partial charge < -0.3 is 25.5 Å². The minimum Gasteiger partial charge on any atom is -0.486 e. The Balaban J connectivity index is 1.27. The third-order valence-electron chi connectivity index (χ3n) is 6.65. The number of amides is 1. The van der Waals surface area contributed by atoms with E-state index >= 15 is 0 Å². The predicted molar refractivity (Wildman–Crippen MR) is 140 cm³/mol. The molecular weight excluding hydrogens is 517 g/mol. The van der Waals surface area contributed by atoms with Gasteiger partial charge in [-0.05, 0) is 31.5 Å². The summed E-state index contributed by atoms with van der Waals surface area (Å²) in [6, 6.07) is 5.08. The maximum Gasteiger partial charge on any atom is 0.237 e. The summed E-state index contributed by atoms with van der Waals surface area (Å²) >= 11 is 12.5. The largest absolute Gasteiger partial charge is 0.486 e. The zero-order valence-electron chi connectivity index (χ0n) is 20.2. The van der Waals surface area contributed by atoms with Gasteiger partial charge in [0.25, 0.3) is 0 Å². The number of likely N-dealkylation sites (tertiary alicyclic amines) is 1. The van der Waals surface area contributed by atoms with E-state index in [-0.39, 0.29) is 24.3 Å². The minimum atomic E-state index is -0.464. The number of aliphatic hydroxyl groups is 1. The van der Waals surface area contributed by atoms with Gasteiger partial charge in [-0.1, -0.05) is 23.2 Å². The number of halogens is 2. The molecule has 1 amide bonds. The summed E-state index contributed by atoms with van der Waals surface area (Å²) in [5.41, 5.74) is 9.34. The molecule has 4 heterocycles. The first-order chi connectivity index (χ1) is 17.7. The number of carbonyl (C=O) groups is 1. The average molecular weight is 544 g/mol. The van der Waals surface area contributed by atoms with Crippen molar-refractivity contribution >= 4 is 40.5 Å². The van der Waals surface area contributed by atoms with Crippen LogP contribution in [0.25, 0.3) is 0 Å². The van der Waals surface area contributed by atoms with E-state index in [1.807, 2.05) is 11.8 Å². The maximum atomic E-state index is 12.7. The molecule has 3 aromatic rings. The summed E-state index contributed by atoms with van der Waals surface area (Å²) in [6.07, 6.45) is 2.88. The van der Waals surface area contributed by atoms with E-state index in [0.717, 1.165) is 17.9 Å². The number of carbonyl (C=O) groups excluding carboxylic acids is 1. The number of rotatable bonds is 7. The highest BCUT2D eigenvalue weighted by Crippen LogP contribution is 2.33. The normalized spacial score (nSPS) is 18.2. The molecule has 1 aromatic carbocycles. The van der Waals surface area contributed by atoms with Crippen molar-refractivity contribution in [2.24, 2.45) is 0 Å². The van der Waals surface area contributed by atoms with E-state index in [9.17, 15) is 9.90 Å². The Morgan fingerprint density at radius 2 is 2.08 bits per heavy atom. The van der Waals surface area contributed by atoms with Crippen LogP contribution in [-0.4, -0.2) is 67.2 Å². The van der Waals surface area contributed by atoms with Gasteiger partial charge in [0.1, 0.15) is 17.6 Å². The first-order valence-electron chi connectivity index (χ1n) is 11.9. The monoisotopic (exact) mass is 543 g/mol. The lowest BCUT2D eigenvalue weighted by Gasteiger charge is -2.20. The van der Waals surface area contributed by atoms with Crippen LogP contribution in [0.1, 0.15) is 47.8 Å². The van der Waals surface area contributed by atoms with Crippen LogP contribution in [0.4, 0.5) is 5.69 Å². The molecule has 2 aromatic heterocycles. The number of hydrogen-bond donors (Lipinski definition) is 4. The van der Waals surface area contributed by atoms with Crippen LogP contribution in [0, 0.1) is 5.41 Å². The Labute approximate surface area is 223 Å². The number of nitrogen functional groups attached to an aromatic ring is 1. The molecule has 1 fully saturated rings. The second-order valence-corrected chi connectivity index (χ2v) is 10.2. The molecule has 0 aliphatic carbocycles. The van der Waals surface area contributed by atoms with Crippen molar-refractivity contribution in [1.82, 2.24) is 24.8 Å². The van der Waals surface area contributed by atoms with E-state index in [1.165, 1.54) is 12.4 Å². The van der Waals surface area contributed by atoms with Gasteiger partial charge in [0.05, 0.1) is 47.2 Å². The number of hydrogen-bond acceptors (Lipinski definition) is 8. The Morgan fingerprint density at radius 3 is 2.76 bits per heavy atom. The number of benzene rings is 1. The quantitative estimate of drug-likeness (QED) is 0.264. The summed E-state index contributed by atoms with van der Waals surface area (Å²) in [5, 5.41) is 19.2. The number of H-pyrrole nitrogens is 1. The van der Waals surface area contributed by atoms with Crippen LogP contribution in [0.15, 0.2) is 30.6 Å². The fourth-order valence-electron chi connectivity index (χ4n) is 4.70. The lowest BCUT2D eigenvalue weighted by atomic mass is 10.1. The molecule has 2 unspecified atom stereocenters. The number of nitrogens with one attached hydrogen (secondary N) is 2. The standard InChI is InChI=1S/C25H27Cl2N7O3/c1-13(23-17(26)7-30-8-18(23)27)37-15-2-3-19(28)16(6-15)24(29)25-31-20-10-34(11-21(20)32-25)22(36)12-33-5-4-14(35)9-33/h2-3,6-8,13-14,29,35H,4-5,9-12,28H2,1H3,(H,31,32). The number of imidazole rings is 1. The average Bonchev–Trinajstić information content (AvgIpc) is 3.54. The zero-order valence-corrected chi connectivity index (χ0v) is 21.7. The lowest BCUT2D eigenvalue weighted by Crippen LogP contribution is -2.37. The molecule has 0 spiro atoms. The molecule has 1 saturated heterocycles. The van der Waals surface area contributed by atoms with Crippen molar-refractivity contribution in [2.75, 3.05) is 25.4 Å². The summed E-state index contributed by atoms with van der Waals surface area (Å²) < 4.78 is 6.06. The Kier molecular flexibility index (Phi) is 7.09. The topological polar surface area (TPSA) is 144 Å². The molecule has 37 heavy (non-hydrogen) atoms. The van der Waals surface area contributed by atoms with Crippen LogP contribution in [-0.2, 0) is 17.9 Å². The maximum absolute atomic E-state index is 12.7. The van der Waals surface area contributed by atoms with Crippen molar-refractivity contribution < 1.29 is 14.6 Å². The summed E-state index contributed by atoms with van der Waals surface area (Å²) in [6.45, 7) is 4.12. The van der Waals surface area contributed by atoms with Crippen molar-refractivity contribution in [2.45, 2.75) is 38.6 Å². The van der Waals surface area contributed by atoms with Crippen molar-refractivity contribution in [3.05, 3.63) is 69.0 Å².